The third-order valence-corrected chi connectivity index (χ3v) is 7.14. The summed E-state index contributed by atoms with van der Waals surface area (Å²) >= 11 is 12.9. The van der Waals surface area contributed by atoms with Crippen LogP contribution in [0.25, 0.3) is 10.9 Å². The quantitative estimate of drug-likeness (QED) is 0.411. The molecule has 1 atom stereocenters. The summed E-state index contributed by atoms with van der Waals surface area (Å²) in [6.07, 6.45) is 8.73. The second-order valence-corrected chi connectivity index (χ2v) is 10.0. The van der Waals surface area contributed by atoms with Crippen molar-refractivity contribution in [1.82, 2.24) is 9.88 Å². The van der Waals surface area contributed by atoms with Crippen LogP contribution in [0.5, 0.6) is 0 Å². The molecule has 1 aromatic heterocycles. The predicted molar refractivity (Wildman–Crippen MR) is 129 cm³/mol. The molecule has 0 radical (unpaired) electrons. The van der Waals surface area contributed by atoms with Gasteiger partial charge in [-0.1, -0.05) is 69.7 Å². The van der Waals surface area contributed by atoms with Gasteiger partial charge < -0.3 is 10.0 Å². The molecule has 3 nitrogen and oxygen atoms in total. The van der Waals surface area contributed by atoms with Crippen molar-refractivity contribution in [2.45, 2.75) is 83.7 Å². The van der Waals surface area contributed by atoms with Crippen molar-refractivity contribution in [1.29, 1.82) is 0 Å². The minimum atomic E-state index is -0.595. The predicted octanol–water partition coefficient (Wildman–Crippen LogP) is 7.31. The highest BCUT2D eigenvalue weighted by Gasteiger charge is 2.33. The van der Waals surface area contributed by atoms with E-state index in [1.54, 1.807) is 6.07 Å². The van der Waals surface area contributed by atoms with E-state index in [-0.39, 0.29) is 5.41 Å². The molecule has 30 heavy (non-hydrogen) atoms. The van der Waals surface area contributed by atoms with Crippen molar-refractivity contribution in [3.63, 3.8) is 0 Å². The number of halogens is 2. The van der Waals surface area contributed by atoms with E-state index in [0.717, 1.165) is 73.8 Å². The lowest BCUT2D eigenvalue weighted by Gasteiger charge is -2.28. The number of aliphatic hydroxyl groups excluding tert-OH is 1. The van der Waals surface area contributed by atoms with Gasteiger partial charge in [-0.15, -0.1) is 0 Å². The van der Waals surface area contributed by atoms with Crippen LogP contribution in [-0.2, 0) is 5.41 Å². The lowest BCUT2D eigenvalue weighted by atomic mass is 9.83. The molecule has 0 spiro atoms. The van der Waals surface area contributed by atoms with Gasteiger partial charge in [0.1, 0.15) is 0 Å². The Bertz CT molecular complexity index is 841. The summed E-state index contributed by atoms with van der Waals surface area (Å²) in [4.78, 5) is 7.37. The monoisotopic (exact) mass is 450 g/mol. The highest BCUT2D eigenvalue weighted by molar-refractivity contribution is 6.38. The van der Waals surface area contributed by atoms with Crippen molar-refractivity contribution in [3.8, 4) is 0 Å². The lowest BCUT2D eigenvalue weighted by molar-refractivity contribution is 0.112. The molecule has 1 aromatic carbocycles. The number of hydrogen-bond acceptors (Lipinski definition) is 3. The average Bonchev–Trinajstić information content (AvgIpc) is 3.17. The van der Waals surface area contributed by atoms with E-state index in [1.807, 2.05) is 6.07 Å². The second kappa shape index (κ2) is 10.6. The molecule has 0 bridgehead atoms. The van der Waals surface area contributed by atoms with Crippen LogP contribution in [0.1, 0.15) is 89.5 Å². The fourth-order valence-electron chi connectivity index (χ4n) is 4.67. The van der Waals surface area contributed by atoms with E-state index < -0.39 is 6.10 Å². The number of fused-ring (bicyclic) bond motifs is 1. The maximum absolute atomic E-state index is 11.4. The molecular formula is C25H36Cl2N2O. The molecule has 166 valence electrons. The van der Waals surface area contributed by atoms with E-state index in [2.05, 4.69) is 31.7 Å². The third kappa shape index (κ3) is 5.48. The van der Waals surface area contributed by atoms with Gasteiger partial charge >= 0.3 is 0 Å². The van der Waals surface area contributed by atoms with Gasteiger partial charge in [0.25, 0.3) is 0 Å². The Hall–Kier alpha value is -0.870. The van der Waals surface area contributed by atoms with E-state index >= 15 is 0 Å². The first-order chi connectivity index (χ1) is 14.4. The summed E-state index contributed by atoms with van der Waals surface area (Å²) in [6.45, 7) is 9.38. The van der Waals surface area contributed by atoms with E-state index in [1.165, 1.54) is 12.8 Å². The minimum Gasteiger partial charge on any atom is -0.387 e. The van der Waals surface area contributed by atoms with Crippen LogP contribution in [0.15, 0.2) is 18.2 Å². The number of hydrogen-bond donors (Lipinski definition) is 1. The summed E-state index contributed by atoms with van der Waals surface area (Å²) in [5, 5.41) is 13.4. The maximum Gasteiger partial charge on any atom is 0.0924 e. The Morgan fingerprint density at radius 1 is 1.07 bits per heavy atom. The topological polar surface area (TPSA) is 36.4 Å². The highest BCUT2D eigenvalue weighted by Crippen LogP contribution is 2.42. The van der Waals surface area contributed by atoms with Gasteiger partial charge in [-0.05, 0) is 62.5 Å². The molecule has 0 aliphatic heterocycles. The zero-order valence-corrected chi connectivity index (χ0v) is 20.2. The van der Waals surface area contributed by atoms with Gasteiger partial charge in [0, 0.05) is 28.1 Å². The Balaban J connectivity index is 2.01. The minimum absolute atomic E-state index is 0.0513. The number of nitrogens with zero attached hydrogens (tertiary/aromatic N) is 2. The highest BCUT2D eigenvalue weighted by atomic mass is 35.5. The Kier molecular flexibility index (Phi) is 8.43. The second-order valence-electron chi connectivity index (χ2n) is 9.17. The molecule has 1 heterocycles. The van der Waals surface area contributed by atoms with Crippen LogP contribution in [-0.4, -0.2) is 34.6 Å². The van der Waals surface area contributed by atoms with Gasteiger partial charge in [-0.2, -0.15) is 0 Å². The number of rotatable bonds is 10. The molecule has 1 fully saturated rings. The largest absolute Gasteiger partial charge is 0.387 e. The van der Waals surface area contributed by atoms with E-state index in [9.17, 15) is 5.11 Å². The molecule has 1 aliphatic rings. The zero-order chi connectivity index (χ0) is 21.7. The summed E-state index contributed by atoms with van der Waals surface area (Å²) < 4.78 is 0. The van der Waals surface area contributed by atoms with Crippen LogP contribution in [0.3, 0.4) is 0 Å². The van der Waals surface area contributed by atoms with Crippen molar-refractivity contribution >= 4 is 34.1 Å². The number of benzene rings is 1. The molecule has 5 heteroatoms. The number of pyridine rings is 1. The third-order valence-electron chi connectivity index (χ3n) is 6.64. The first kappa shape index (κ1) is 23.8. The fraction of sp³-hybridized carbons (Fsp3) is 0.640. The molecule has 2 aromatic rings. The molecule has 1 aliphatic carbocycles. The smallest absolute Gasteiger partial charge is 0.0924 e. The standard InChI is InChI=1S/C25H36Cl2N2O/c1-4-6-12-29(13-7-5-2)17-22(30)19-16-23(25(3)10-8-9-11-25)28-24-20(19)14-18(26)15-21(24)27/h14-16,22,30H,4-13,17H2,1-3H3. The Labute approximate surface area is 191 Å². The number of aliphatic hydroxyl groups is 1. The Morgan fingerprint density at radius 2 is 1.70 bits per heavy atom. The number of aromatic nitrogens is 1. The fourth-order valence-corrected chi connectivity index (χ4v) is 5.21. The summed E-state index contributed by atoms with van der Waals surface area (Å²) in [7, 11) is 0. The molecule has 1 N–H and O–H groups in total. The molecular weight excluding hydrogens is 415 g/mol. The van der Waals surface area contributed by atoms with Gasteiger partial charge in [-0.25, -0.2) is 0 Å². The first-order valence-electron chi connectivity index (χ1n) is 11.6. The van der Waals surface area contributed by atoms with Crippen LogP contribution >= 0.6 is 23.2 Å². The van der Waals surface area contributed by atoms with Crippen LogP contribution in [0, 0.1) is 0 Å². The average molecular weight is 451 g/mol. The summed E-state index contributed by atoms with van der Waals surface area (Å²) in [5.74, 6) is 0. The molecule has 0 amide bonds. The summed E-state index contributed by atoms with van der Waals surface area (Å²) in [5.41, 5.74) is 2.77. The first-order valence-corrected chi connectivity index (χ1v) is 12.3. The van der Waals surface area contributed by atoms with Gasteiger partial charge in [0.2, 0.25) is 0 Å². The van der Waals surface area contributed by atoms with Crippen molar-refractivity contribution < 1.29 is 5.11 Å². The van der Waals surface area contributed by atoms with Crippen molar-refractivity contribution in [3.05, 3.63) is 39.5 Å². The lowest BCUT2D eigenvalue weighted by Crippen LogP contribution is -2.31. The van der Waals surface area contributed by atoms with Gasteiger partial charge in [0.05, 0.1) is 16.6 Å². The van der Waals surface area contributed by atoms with Gasteiger partial charge in [0.15, 0.2) is 0 Å². The zero-order valence-electron chi connectivity index (χ0n) is 18.7. The molecule has 1 saturated carbocycles. The molecule has 0 saturated heterocycles. The van der Waals surface area contributed by atoms with Crippen LogP contribution in [0.2, 0.25) is 10.0 Å². The normalized spacial score (nSPS) is 17.2. The van der Waals surface area contributed by atoms with E-state index in [0.29, 0.717) is 16.6 Å². The van der Waals surface area contributed by atoms with Crippen LogP contribution in [0.4, 0.5) is 0 Å². The van der Waals surface area contributed by atoms with E-state index in [4.69, 9.17) is 28.2 Å². The van der Waals surface area contributed by atoms with Gasteiger partial charge in [-0.3, -0.25) is 4.98 Å². The van der Waals surface area contributed by atoms with Crippen LogP contribution < -0.4 is 0 Å². The number of unbranched alkanes of at least 4 members (excludes halogenated alkanes) is 2. The Morgan fingerprint density at radius 3 is 2.30 bits per heavy atom. The van der Waals surface area contributed by atoms with Crippen molar-refractivity contribution in [2.24, 2.45) is 0 Å². The SMILES string of the molecule is CCCCN(CCCC)CC(O)c1cc(C2(C)CCCC2)nc2c(Cl)cc(Cl)cc12. The molecule has 3 rings (SSSR count). The summed E-state index contributed by atoms with van der Waals surface area (Å²) in [6, 6.07) is 5.78. The maximum atomic E-state index is 11.4. The van der Waals surface area contributed by atoms with Crippen molar-refractivity contribution in [2.75, 3.05) is 19.6 Å². The molecule has 1 unspecified atom stereocenters.